The molecule has 1 unspecified atom stereocenters. The number of hydrogen-bond donors (Lipinski definition) is 2. The molecule has 5 heteroatoms. The van der Waals surface area contributed by atoms with Crippen LogP contribution in [0, 0.1) is 5.82 Å². The van der Waals surface area contributed by atoms with Gasteiger partial charge < -0.3 is 10.2 Å². The number of phenols is 2. The Morgan fingerprint density at radius 1 is 1.19 bits per heavy atom. The molecule has 0 spiro atoms. The summed E-state index contributed by atoms with van der Waals surface area (Å²) in [5, 5.41) is 25.4. The molecule has 1 atom stereocenters. The standard InChI is InChI=1S/C16H15FN2O2/c1-19-15(10-3-2-4-11(17)7-10)9-14(18-19)13-6-5-12(20)8-16(13)21/h2-8,15,20-21H,9H2,1H3. The predicted molar refractivity (Wildman–Crippen MR) is 77.8 cm³/mol. The fourth-order valence-corrected chi connectivity index (χ4v) is 2.59. The van der Waals surface area contributed by atoms with Crippen LogP contribution < -0.4 is 0 Å². The van der Waals surface area contributed by atoms with Crippen molar-refractivity contribution in [2.24, 2.45) is 5.10 Å². The van der Waals surface area contributed by atoms with Gasteiger partial charge in [-0.3, -0.25) is 5.01 Å². The monoisotopic (exact) mass is 286 g/mol. The van der Waals surface area contributed by atoms with Gasteiger partial charge >= 0.3 is 0 Å². The molecule has 108 valence electrons. The van der Waals surface area contributed by atoms with Crippen LogP contribution in [0.5, 0.6) is 11.5 Å². The fraction of sp³-hybridized carbons (Fsp3) is 0.188. The second kappa shape index (κ2) is 5.09. The molecule has 1 aliphatic heterocycles. The highest BCUT2D eigenvalue weighted by Gasteiger charge is 2.27. The van der Waals surface area contributed by atoms with Crippen LogP contribution in [0.15, 0.2) is 47.6 Å². The maximum absolute atomic E-state index is 13.4. The van der Waals surface area contributed by atoms with Gasteiger partial charge in [0.25, 0.3) is 0 Å². The number of hydrogen-bond acceptors (Lipinski definition) is 4. The number of hydrazone groups is 1. The molecule has 1 heterocycles. The van der Waals surface area contributed by atoms with Crippen molar-refractivity contribution in [3.05, 3.63) is 59.4 Å². The van der Waals surface area contributed by atoms with Gasteiger partial charge in [-0.25, -0.2) is 4.39 Å². The van der Waals surface area contributed by atoms with Crippen LogP contribution in [0.1, 0.15) is 23.6 Å². The summed E-state index contributed by atoms with van der Waals surface area (Å²) in [6.07, 6.45) is 0.568. The van der Waals surface area contributed by atoms with Crippen LogP contribution in [0.4, 0.5) is 4.39 Å². The minimum Gasteiger partial charge on any atom is -0.508 e. The second-order valence-corrected chi connectivity index (χ2v) is 5.10. The highest BCUT2D eigenvalue weighted by atomic mass is 19.1. The quantitative estimate of drug-likeness (QED) is 0.892. The van der Waals surface area contributed by atoms with Gasteiger partial charge in [0.2, 0.25) is 0 Å². The summed E-state index contributed by atoms with van der Waals surface area (Å²) in [7, 11) is 1.82. The van der Waals surface area contributed by atoms with E-state index in [9.17, 15) is 14.6 Å². The molecule has 0 saturated heterocycles. The average Bonchev–Trinajstić information content (AvgIpc) is 2.80. The van der Waals surface area contributed by atoms with Gasteiger partial charge in [-0.15, -0.1) is 0 Å². The molecule has 0 radical (unpaired) electrons. The van der Waals surface area contributed by atoms with Crippen molar-refractivity contribution in [2.45, 2.75) is 12.5 Å². The number of rotatable bonds is 2. The zero-order valence-corrected chi connectivity index (χ0v) is 11.5. The number of aromatic hydroxyl groups is 2. The second-order valence-electron chi connectivity index (χ2n) is 5.10. The topological polar surface area (TPSA) is 56.1 Å². The molecule has 0 aromatic heterocycles. The SMILES string of the molecule is CN1N=C(c2ccc(O)cc2O)CC1c1cccc(F)c1. The summed E-state index contributed by atoms with van der Waals surface area (Å²) in [4.78, 5) is 0. The van der Waals surface area contributed by atoms with E-state index in [1.807, 2.05) is 13.1 Å². The van der Waals surface area contributed by atoms with Crippen molar-refractivity contribution >= 4 is 5.71 Å². The Hall–Kier alpha value is -2.56. The van der Waals surface area contributed by atoms with E-state index < -0.39 is 0 Å². The molecule has 3 rings (SSSR count). The lowest BCUT2D eigenvalue weighted by Gasteiger charge is -2.18. The molecule has 0 aliphatic carbocycles. The van der Waals surface area contributed by atoms with Crippen LogP contribution in [-0.2, 0) is 0 Å². The smallest absolute Gasteiger partial charge is 0.128 e. The largest absolute Gasteiger partial charge is 0.508 e. The van der Waals surface area contributed by atoms with E-state index in [1.165, 1.54) is 24.3 Å². The van der Waals surface area contributed by atoms with Gasteiger partial charge in [0.05, 0.1) is 11.8 Å². The minimum absolute atomic E-state index is 0.00452. The minimum atomic E-state index is -0.276. The van der Waals surface area contributed by atoms with Gasteiger partial charge in [-0.1, -0.05) is 12.1 Å². The maximum atomic E-state index is 13.4. The molecule has 2 N–H and O–H groups in total. The summed E-state index contributed by atoms with van der Waals surface area (Å²) < 4.78 is 13.4. The average molecular weight is 286 g/mol. The van der Waals surface area contributed by atoms with E-state index in [2.05, 4.69) is 5.10 Å². The van der Waals surface area contributed by atoms with Crippen LogP contribution >= 0.6 is 0 Å². The van der Waals surface area contributed by atoms with Crippen LogP contribution in [0.25, 0.3) is 0 Å². The summed E-state index contributed by atoms with van der Waals surface area (Å²) in [6, 6.07) is 10.8. The van der Waals surface area contributed by atoms with Crippen molar-refractivity contribution in [1.82, 2.24) is 5.01 Å². The van der Waals surface area contributed by atoms with Gasteiger partial charge in [0.15, 0.2) is 0 Å². The third kappa shape index (κ3) is 2.54. The van der Waals surface area contributed by atoms with Gasteiger partial charge in [0.1, 0.15) is 17.3 Å². The number of nitrogens with zero attached hydrogens (tertiary/aromatic N) is 2. The number of halogens is 1. The third-order valence-electron chi connectivity index (χ3n) is 3.64. The molecule has 1 aliphatic rings. The lowest BCUT2D eigenvalue weighted by Crippen LogP contribution is -2.14. The van der Waals surface area contributed by atoms with Crippen LogP contribution in [-0.4, -0.2) is 28.0 Å². The van der Waals surface area contributed by atoms with Crippen molar-refractivity contribution in [3.63, 3.8) is 0 Å². The Labute approximate surface area is 121 Å². The molecule has 21 heavy (non-hydrogen) atoms. The Kier molecular flexibility index (Phi) is 3.25. The van der Waals surface area contributed by atoms with Crippen molar-refractivity contribution in [3.8, 4) is 11.5 Å². The highest BCUT2D eigenvalue weighted by Crippen LogP contribution is 2.34. The zero-order valence-electron chi connectivity index (χ0n) is 11.5. The van der Waals surface area contributed by atoms with Gasteiger partial charge in [-0.05, 0) is 29.8 Å². The molecule has 4 nitrogen and oxygen atoms in total. The van der Waals surface area contributed by atoms with Crippen molar-refractivity contribution < 1.29 is 14.6 Å². The Morgan fingerprint density at radius 2 is 2.00 bits per heavy atom. The molecule has 0 saturated carbocycles. The van der Waals surface area contributed by atoms with Crippen molar-refractivity contribution in [1.29, 1.82) is 0 Å². The van der Waals surface area contributed by atoms with E-state index in [0.29, 0.717) is 17.7 Å². The molecule has 2 aromatic carbocycles. The van der Waals surface area contributed by atoms with Crippen LogP contribution in [0.2, 0.25) is 0 Å². The molecule has 0 bridgehead atoms. The number of phenolic OH excluding ortho intramolecular Hbond substituents is 2. The Bertz CT molecular complexity index is 715. The highest BCUT2D eigenvalue weighted by molar-refractivity contribution is 6.04. The first-order chi connectivity index (χ1) is 10.0. The zero-order chi connectivity index (χ0) is 15.0. The van der Waals surface area contributed by atoms with E-state index in [-0.39, 0.29) is 23.4 Å². The summed E-state index contributed by atoms with van der Waals surface area (Å²) in [5.74, 6) is -0.284. The first-order valence-electron chi connectivity index (χ1n) is 6.63. The lowest BCUT2D eigenvalue weighted by molar-refractivity contribution is 0.289. The first-order valence-corrected chi connectivity index (χ1v) is 6.63. The molecule has 0 amide bonds. The van der Waals surface area contributed by atoms with E-state index in [1.54, 1.807) is 17.1 Å². The fourth-order valence-electron chi connectivity index (χ4n) is 2.59. The van der Waals surface area contributed by atoms with E-state index in [4.69, 9.17) is 0 Å². The molecule has 2 aromatic rings. The third-order valence-corrected chi connectivity index (χ3v) is 3.64. The van der Waals surface area contributed by atoms with Crippen LogP contribution in [0.3, 0.4) is 0 Å². The maximum Gasteiger partial charge on any atom is 0.128 e. The summed E-state index contributed by atoms with van der Waals surface area (Å²) in [6.45, 7) is 0. The first kappa shape index (κ1) is 13.4. The van der Waals surface area contributed by atoms with E-state index >= 15 is 0 Å². The van der Waals surface area contributed by atoms with Crippen molar-refractivity contribution in [2.75, 3.05) is 7.05 Å². The molecule has 0 fully saturated rings. The van der Waals surface area contributed by atoms with E-state index in [0.717, 1.165) is 5.56 Å². The normalized spacial score (nSPS) is 17.9. The predicted octanol–water partition coefficient (Wildman–Crippen LogP) is 3.02. The molecular formula is C16H15FN2O2. The number of benzene rings is 2. The van der Waals surface area contributed by atoms with Gasteiger partial charge in [0, 0.05) is 25.1 Å². The summed E-state index contributed by atoms with van der Waals surface area (Å²) >= 11 is 0. The molecular weight excluding hydrogens is 271 g/mol. The van der Waals surface area contributed by atoms with Gasteiger partial charge in [-0.2, -0.15) is 5.10 Å². The summed E-state index contributed by atoms with van der Waals surface area (Å²) in [5.41, 5.74) is 2.14. The lowest BCUT2D eigenvalue weighted by atomic mass is 9.98. The Morgan fingerprint density at radius 3 is 2.71 bits per heavy atom. The Balaban J connectivity index is 1.89.